The van der Waals surface area contributed by atoms with Crippen molar-refractivity contribution in [3.05, 3.63) is 60.7 Å². The van der Waals surface area contributed by atoms with E-state index in [-0.39, 0.29) is 44.3 Å². The molecule has 0 radical (unpaired) electrons. The number of para-hydroxylation sites is 2. The number of halogens is 2. The van der Waals surface area contributed by atoms with Gasteiger partial charge in [-0.15, -0.1) is 0 Å². The Kier molecular flexibility index (Phi) is 10.8. The van der Waals surface area contributed by atoms with Crippen LogP contribution < -0.4 is 30.1 Å². The van der Waals surface area contributed by atoms with Crippen molar-refractivity contribution in [3.8, 4) is 0 Å². The van der Waals surface area contributed by atoms with Crippen molar-refractivity contribution in [2.45, 2.75) is 0 Å². The van der Waals surface area contributed by atoms with Gasteiger partial charge >= 0.3 is 19.5 Å². The van der Waals surface area contributed by atoms with Crippen LogP contribution in [0.1, 0.15) is 0 Å². The van der Waals surface area contributed by atoms with Gasteiger partial charge in [-0.3, -0.25) is 0 Å². The fraction of sp³-hybridized carbons (Fsp3) is 0. The zero-order chi connectivity index (χ0) is 8.93. The van der Waals surface area contributed by atoms with Crippen molar-refractivity contribution in [2.75, 3.05) is 5.32 Å². The van der Waals surface area contributed by atoms with Crippen LogP contribution in [0.25, 0.3) is 0 Å². The van der Waals surface area contributed by atoms with E-state index in [1.54, 1.807) is 0 Å². The molecule has 16 heavy (non-hydrogen) atoms. The summed E-state index contributed by atoms with van der Waals surface area (Å²) in [5, 5.41) is 3.30. The molecule has 0 fully saturated rings. The molecular formula is C12H11Cl2NZn. The first-order valence-corrected chi connectivity index (χ1v) is 4.32. The summed E-state index contributed by atoms with van der Waals surface area (Å²) in [6.45, 7) is 0. The smallest absolute Gasteiger partial charge is 1.00 e. The molecule has 1 N–H and O–H groups in total. The number of nitrogens with one attached hydrogen (secondary N) is 1. The van der Waals surface area contributed by atoms with E-state index in [0.717, 1.165) is 11.4 Å². The second kappa shape index (κ2) is 9.65. The summed E-state index contributed by atoms with van der Waals surface area (Å²) >= 11 is 0. The molecule has 0 heterocycles. The van der Waals surface area contributed by atoms with Crippen LogP contribution in [-0.2, 0) is 19.5 Å². The van der Waals surface area contributed by atoms with E-state index in [9.17, 15) is 0 Å². The molecular weight excluding hydrogens is 294 g/mol. The van der Waals surface area contributed by atoms with Gasteiger partial charge in [0.15, 0.2) is 0 Å². The van der Waals surface area contributed by atoms with Crippen molar-refractivity contribution < 1.29 is 44.3 Å². The summed E-state index contributed by atoms with van der Waals surface area (Å²) in [6.07, 6.45) is 0. The van der Waals surface area contributed by atoms with Crippen LogP contribution in [0, 0.1) is 0 Å². The molecule has 0 spiro atoms. The molecule has 0 bridgehead atoms. The van der Waals surface area contributed by atoms with Crippen LogP contribution in [0.2, 0.25) is 0 Å². The van der Waals surface area contributed by atoms with Crippen LogP contribution in [0.4, 0.5) is 11.4 Å². The molecule has 0 aliphatic heterocycles. The SMILES string of the molecule is [Cl-].[Cl-].[Zn+2].c1ccc(Nc2ccccc2)cc1. The van der Waals surface area contributed by atoms with Crippen LogP contribution in [0.3, 0.4) is 0 Å². The molecule has 0 saturated heterocycles. The standard InChI is InChI=1S/C12H11N.2ClH.Zn/c1-3-7-11(8-4-1)13-12-9-5-2-6-10-12;;;/h1-10,13H;2*1H;/q;;;+2/p-2. The first-order valence-electron chi connectivity index (χ1n) is 4.32. The van der Waals surface area contributed by atoms with E-state index in [4.69, 9.17) is 0 Å². The third-order valence-corrected chi connectivity index (χ3v) is 1.84. The third kappa shape index (κ3) is 5.51. The van der Waals surface area contributed by atoms with Crippen LogP contribution >= 0.6 is 0 Å². The normalized spacial score (nSPS) is 7.75. The molecule has 2 aromatic carbocycles. The Morgan fingerprint density at radius 3 is 1.19 bits per heavy atom. The van der Waals surface area contributed by atoms with Gasteiger partial charge in [-0.2, -0.15) is 0 Å². The number of rotatable bonds is 2. The number of hydrogen-bond acceptors (Lipinski definition) is 1. The van der Waals surface area contributed by atoms with Crippen molar-refractivity contribution in [1.29, 1.82) is 0 Å². The van der Waals surface area contributed by atoms with E-state index in [2.05, 4.69) is 5.32 Å². The third-order valence-electron chi connectivity index (χ3n) is 1.84. The minimum Gasteiger partial charge on any atom is -1.00 e. The topological polar surface area (TPSA) is 12.0 Å². The van der Waals surface area contributed by atoms with Gasteiger partial charge in [0.2, 0.25) is 0 Å². The second-order valence-corrected chi connectivity index (χ2v) is 2.86. The summed E-state index contributed by atoms with van der Waals surface area (Å²) in [5.74, 6) is 0. The Bertz CT molecular complexity index is 330. The minimum absolute atomic E-state index is 0. The van der Waals surface area contributed by atoms with Crippen molar-refractivity contribution in [1.82, 2.24) is 0 Å². The minimum atomic E-state index is 0. The average molecular weight is 306 g/mol. The fourth-order valence-corrected chi connectivity index (χ4v) is 1.21. The van der Waals surface area contributed by atoms with Gasteiger partial charge in [-0.1, -0.05) is 36.4 Å². The first-order chi connectivity index (χ1) is 6.45. The molecule has 0 aromatic heterocycles. The van der Waals surface area contributed by atoms with Crippen molar-refractivity contribution >= 4 is 11.4 Å². The zero-order valence-electron chi connectivity index (χ0n) is 8.74. The molecule has 1 nitrogen and oxygen atoms in total. The Morgan fingerprint density at radius 2 is 0.875 bits per heavy atom. The van der Waals surface area contributed by atoms with E-state index in [1.165, 1.54) is 0 Å². The number of anilines is 2. The molecule has 0 saturated carbocycles. The maximum absolute atomic E-state index is 3.30. The van der Waals surface area contributed by atoms with Crippen LogP contribution in [0.5, 0.6) is 0 Å². The summed E-state index contributed by atoms with van der Waals surface area (Å²) < 4.78 is 0. The predicted octanol–water partition coefficient (Wildman–Crippen LogP) is -2.56. The molecule has 2 rings (SSSR count). The van der Waals surface area contributed by atoms with E-state index in [0.29, 0.717) is 0 Å². The quantitative estimate of drug-likeness (QED) is 0.602. The van der Waals surface area contributed by atoms with E-state index < -0.39 is 0 Å². The molecule has 4 heteroatoms. The van der Waals surface area contributed by atoms with Crippen molar-refractivity contribution in [3.63, 3.8) is 0 Å². The van der Waals surface area contributed by atoms with Gasteiger partial charge in [0, 0.05) is 11.4 Å². The van der Waals surface area contributed by atoms with Crippen molar-refractivity contribution in [2.24, 2.45) is 0 Å². The Labute approximate surface area is 121 Å². The van der Waals surface area contributed by atoms with Gasteiger partial charge in [-0.25, -0.2) is 0 Å². The number of hydrogen-bond donors (Lipinski definition) is 1. The molecule has 80 valence electrons. The fourth-order valence-electron chi connectivity index (χ4n) is 1.21. The molecule has 0 unspecified atom stereocenters. The average Bonchev–Trinajstić information content (AvgIpc) is 2.21. The molecule has 0 atom stereocenters. The van der Waals surface area contributed by atoms with E-state index >= 15 is 0 Å². The Morgan fingerprint density at radius 1 is 0.562 bits per heavy atom. The molecule has 0 aliphatic rings. The largest absolute Gasteiger partial charge is 2.00 e. The zero-order valence-corrected chi connectivity index (χ0v) is 13.2. The van der Waals surface area contributed by atoms with Gasteiger partial charge in [-0.05, 0) is 24.3 Å². The van der Waals surface area contributed by atoms with Gasteiger partial charge in [0.05, 0.1) is 0 Å². The van der Waals surface area contributed by atoms with Gasteiger partial charge in [0.1, 0.15) is 0 Å². The van der Waals surface area contributed by atoms with Gasteiger partial charge in [0.25, 0.3) is 0 Å². The summed E-state index contributed by atoms with van der Waals surface area (Å²) in [5.41, 5.74) is 2.24. The maximum Gasteiger partial charge on any atom is 2.00 e. The van der Waals surface area contributed by atoms with E-state index in [1.807, 2.05) is 60.7 Å². The van der Waals surface area contributed by atoms with Gasteiger partial charge < -0.3 is 30.1 Å². The summed E-state index contributed by atoms with van der Waals surface area (Å²) in [6, 6.07) is 20.3. The van der Waals surface area contributed by atoms with Crippen LogP contribution in [-0.4, -0.2) is 0 Å². The van der Waals surface area contributed by atoms with Crippen LogP contribution in [0.15, 0.2) is 60.7 Å². The Balaban J connectivity index is 0. The summed E-state index contributed by atoms with van der Waals surface area (Å²) in [7, 11) is 0. The monoisotopic (exact) mass is 303 g/mol. The first kappa shape index (κ1) is 17.8. The summed E-state index contributed by atoms with van der Waals surface area (Å²) in [4.78, 5) is 0. The number of benzene rings is 2. The predicted molar refractivity (Wildman–Crippen MR) is 56.2 cm³/mol. The molecule has 0 amide bonds. The molecule has 2 aromatic rings. The molecule has 0 aliphatic carbocycles. The Hall–Kier alpha value is -0.557. The second-order valence-electron chi connectivity index (χ2n) is 2.86. The maximum atomic E-state index is 3.30.